The molecule has 0 saturated carbocycles. The normalized spacial score (nSPS) is 10.6. The molecule has 0 fully saturated rings. The largest absolute Gasteiger partial charge is 0.320 e. The molecule has 0 spiro atoms. The van der Waals surface area contributed by atoms with Crippen LogP contribution in [0.1, 0.15) is 0 Å². The topological polar surface area (TPSA) is 90.1 Å². The molecule has 1 aromatic heterocycles. The molecule has 0 atom stereocenters. The lowest BCUT2D eigenvalue weighted by Crippen LogP contribution is -2.15. The van der Waals surface area contributed by atoms with E-state index in [0.29, 0.717) is 5.16 Å². The minimum Gasteiger partial charge on any atom is -0.320 e. The molecule has 0 unspecified atom stereocenters. The van der Waals surface area contributed by atoms with E-state index in [9.17, 15) is 14.9 Å². The summed E-state index contributed by atoms with van der Waals surface area (Å²) in [5.74, 6) is -0.285. The van der Waals surface area contributed by atoms with Gasteiger partial charge in [0.1, 0.15) is 5.69 Å². The van der Waals surface area contributed by atoms with Gasteiger partial charge in [-0.25, -0.2) is 4.98 Å². The number of rotatable bonds is 7. The number of imidazole rings is 1. The number of nitrogens with zero attached hydrogens (tertiary/aromatic N) is 3. The van der Waals surface area contributed by atoms with E-state index in [2.05, 4.69) is 5.32 Å². The van der Waals surface area contributed by atoms with Crippen LogP contribution >= 0.6 is 11.8 Å². The highest BCUT2D eigenvalue weighted by molar-refractivity contribution is 7.99. The maximum Gasteiger partial charge on any atom is 0.292 e. The fraction of sp³-hybridized carbons (Fsp3) is 0.0435. The Hall–Kier alpha value is -3.91. The average Bonchev–Trinajstić information content (AvgIpc) is 3.23. The fourth-order valence-corrected chi connectivity index (χ4v) is 3.83. The third-order valence-electron chi connectivity index (χ3n) is 4.48. The standard InChI is InChI=1S/C23H18N4O3S/c28-22(24-19-13-7-8-14-21(19)27(29)30)16-31-23-25-20(17-9-3-1-4-10-17)15-26(23)18-11-5-2-6-12-18/h1-15H,16H2,(H,24,28). The summed E-state index contributed by atoms with van der Waals surface area (Å²) in [5.41, 5.74) is 2.74. The number of aromatic nitrogens is 2. The minimum atomic E-state index is -0.517. The Morgan fingerprint density at radius 3 is 2.32 bits per heavy atom. The third-order valence-corrected chi connectivity index (χ3v) is 5.44. The summed E-state index contributed by atoms with van der Waals surface area (Å²) in [6, 6.07) is 25.6. The number of carbonyl (C=O) groups excluding carboxylic acids is 1. The highest BCUT2D eigenvalue weighted by Gasteiger charge is 2.17. The zero-order valence-corrected chi connectivity index (χ0v) is 17.2. The SMILES string of the molecule is O=C(CSc1nc(-c2ccccc2)cn1-c1ccccc1)Nc1ccccc1[N+](=O)[O-]. The molecule has 3 aromatic carbocycles. The average molecular weight is 430 g/mol. The number of anilines is 1. The maximum absolute atomic E-state index is 12.5. The Bertz CT molecular complexity index is 1210. The molecule has 8 heteroatoms. The van der Waals surface area contributed by atoms with Crippen LogP contribution in [0.15, 0.2) is 96.3 Å². The highest BCUT2D eigenvalue weighted by Crippen LogP contribution is 2.28. The molecule has 31 heavy (non-hydrogen) atoms. The Balaban J connectivity index is 1.56. The van der Waals surface area contributed by atoms with Crippen LogP contribution in [0.25, 0.3) is 16.9 Å². The van der Waals surface area contributed by atoms with Crippen LogP contribution in [0.5, 0.6) is 0 Å². The van der Waals surface area contributed by atoms with Crippen LogP contribution in [0.2, 0.25) is 0 Å². The quantitative estimate of drug-likeness (QED) is 0.248. The van der Waals surface area contributed by atoms with E-state index in [1.54, 1.807) is 12.1 Å². The maximum atomic E-state index is 12.5. The van der Waals surface area contributed by atoms with Gasteiger partial charge in [-0.05, 0) is 18.2 Å². The first kappa shape index (κ1) is 20.4. The van der Waals surface area contributed by atoms with Gasteiger partial charge in [0, 0.05) is 23.5 Å². The van der Waals surface area contributed by atoms with Crippen LogP contribution in [0, 0.1) is 10.1 Å². The molecule has 4 aromatic rings. The number of nitrogens with one attached hydrogen (secondary N) is 1. The van der Waals surface area contributed by atoms with Gasteiger partial charge >= 0.3 is 0 Å². The van der Waals surface area contributed by atoms with Gasteiger partial charge in [-0.1, -0.05) is 72.4 Å². The summed E-state index contributed by atoms with van der Waals surface area (Å²) >= 11 is 1.27. The Labute approximate surface area is 182 Å². The number of nitro groups is 1. The molecule has 1 N–H and O–H groups in total. The van der Waals surface area contributed by atoms with Crippen LogP contribution < -0.4 is 5.32 Å². The van der Waals surface area contributed by atoms with Crippen molar-refractivity contribution in [3.8, 4) is 16.9 Å². The summed E-state index contributed by atoms with van der Waals surface area (Å²) in [5, 5.41) is 14.4. The molecule has 0 aliphatic heterocycles. The smallest absolute Gasteiger partial charge is 0.292 e. The van der Waals surface area contributed by atoms with Crippen LogP contribution in [0.4, 0.5) is 11.4 Å². The summed E-state index contributed by atoms with van der Waals surface area (Å²) in [4.78, 5) is 27.9. The first-order valence-electron chi connectivity index (χ1n) is 9.48. The zero-order chi connectivity index (χ0) is 21.6. The molecule has 0 bridgehead atoms. The van der Waals surface area contributed by atoms with Crippen molar-refractivity contribution >= 4 is 29.0 Å². The monoisotopic (exact) mass is 430 g/mol. The van der Waals surface area contributed by atoms with E-state index < -0.39 is 4.92 Å². The van der Waals surface area contributed by atoms with E-state index in [4.69, 9.17) is 4.98 Å². The Morgan fingerprint density at radius 2 is 1.61 bits per heavy atom. The number of amides is 1. The van der Waals surface area contributed by atoms with Gasteiger partial charge in [0.2, 0.25) is 5.91 Å². The second-order valence-electron chi connectivity index (χ2n) is 6.59. The van der Waals surface area contributed by atoms with E-state index >= 15 is 0 Å². The van der Waals surface area contributed by atoms with Crippen molar-refractivity contribution in [3.05, 3.63) is 101 Å². The lowest BCUT2D eigenvalue weighted by molar-refractivity contribution is -0.383. The molecule has 0 aliphatic rings. The van der Waals surface area contributed by atoms with Crippen molar-refractivity contribution in [1.29, 1.82) is 0 Å². The number of nitro benzene ring substituents is 1. The number of thioether (sulfide) groups is 1. The van der Waals surface area contributed by atoms with Gasteiger partial charge < -0.3 is 5.32 Å². The van der Waals surface area contributed by atoms with Gasteiger partial charge in [0.25, 0.3) is 5.69 Å². The minimum absolute atomic E-state index is 0.0596. The lowest BCUT2D eigenvalue weighted by Gasteiger charge is -2.08. The lowest BCUT2D eigenvalue weighted by atomic mass is 10.2. The Morgan fingerprint density at radius 1 is 0.968 bits per heavy atom. The van der Waals surface area contributed by atoms with Gasteiger partial charge in [0.05, 0.1) is 16.4 Å². The van der Waals surface area contributed by atoms with E-state index in [-0.39, 0.29) is 23.0 Å². The molecule has 0 aliphatic carbocycles. The molecule has 7 nitrogen and oxygen atoms in total. The number of carbonyl (C=O) groups is 1. The number of hydrogen-bond acceptors (Lipinski definition) is 5. The van der Waals surface area contributed by atoms with Gasteiger partial charge in [-0.15, -0.1) is 0 Å². The van der Waals surface area contributed by atoms with Crippen molar-refractivity contribution in [1.82, 2.24) is 9.55 Å². The number of hydrogen-bond donors (Lipinski definition) is 1. The zero-order valence-electron chi connectivity index (χ0n) is 16.3. The summed E-state index contributed by atoms with van der Waals surface area (Å²) in [6.45, 7) is 0. The van der Waals surface area contributed by atoms with Crippen molar-refractivity contribution in [2.45, 2.75) is 5.16 Å². The molecule has 1 heterocycles. The summed E-state index contributed by atoms with van der Waals surface area (Å²) < 4.78 is 1.94. The van der Waals surface area contributed by atoms with E-state index in [1.165, 1.54) is 23.9 Å². The fourth-order valence-electron chi connectivity index (χ4n) is 3.04. The summed E-state index contributed by atoms with van der Waals surface area (Å²) in [6.07, 6.45) is 1.94. The molecule has 0 radical (unpaired) electrons. The van der Waals surface area contributed by atoms with Crippen molar-refractivity contribution in [2.75, 3.05) is 11.1 Å². The second-order valence-corrected chi connectivity index (χ2v) is 7.53. The van der Waals surface area contributed by atoms with Crippen LogP contribution in [-0.2, 0) is 4.79 Å². The molecule has 154 valence electrons. The van der Waals surface area contributed by atoms with E-state index in [0.717, 1.165) is 16.9 Å². The van der Waals surface area contributed by atoms with Gasteiger partial charge in [-0.2, -0.15) is 0 Å². The van der Waals surface area contributed by atoms with E-state index in [1.807, 2.05) is 71.4 Å². The third kappa shape index (κ3) is 4.81. The predicted octanol–water partition coefficient (Wildman–Crippen LogP) is 5.18. The molecule has 1 amide bonds. The van der Waals surface area contributed by atoms with Crippen molar-refractivity contribution in [3.63, 3.8) is 0 Å². The predicted molar refractivity (Wildman–Crippen MR) is 121 cm³/mol. The van der Waals surface area contributed by atoms with Crippen LogP contribution in [-0.4, -0.2) is 26.1 Å². The first-order valence-corrected chi connectivity index (χ1v) is 10.5. The molecular weight excluding hydrogens is 412 g/mol. The highest BCUT2D eigenvalue weighted by atomic mass is 32.2. The molecular formula is C23H18N4O3S. The van der Waals surface area contributed by atoms with Gasteiger partial charge in [-0.3, -0.25) is 19.5 Å². The Kier molecular flexibility index (Phi) is 6.09. The first-order chi connectivity index (χ1) is 15.1. The second kappa shape index (κ2) is 9.27. The molecule has 4 rings (SSSR count). The van der Waals surface area contributed by atoms with Crippen molar-refractivity contribution in [2.24, 2.45) is 0 Å². The number of para-hydroxylation sites is 3. The van der Waals surface area contributed by atoms with Crippen molar-refractivity contribution < 1.29 is 9.72 Å². The molecule has 0 saturated heterocycles. The van der Waals surface area contributed by atoms with Gasteiger partial charge in [0.15, 0.2) is 5.16 Å². The van der Waals surface area contributed by atoms with Crippen LogP contribution in [0.3, 0.4) is 0 Å². The summed E-state index contributed by atoms with van der Waals surface area (Å²) in [7, 11) is 0. The number of benzene rings is 3.